The fourth-order valence-corrected chi connectivity index (χ4v) is 3.15. The molecule has 0 saturated heterocycles. The van der Waals surface area contributed by atoms with Gasteiger partial charge in [0.15, 0.2) is 0 Å². The molecule has 0 aliphatic heterocycles. The van der Waals surface area contributed by atoms with Gasteiger partial charge >= 0.3 is 0 Å². The molecular weight excluding hydrogens is 336 g/mol. The van der Waals surface area contributed by atoms with Crippen molar-refractivity contribution in [3.63, 3.8) is 0 Å². The van der Waals surface area contributed by atoms with E-state index < -0.39 is 0 Å². The van der Waals surface area contributed by atoms with Crippen molar-refractivity contribution >= 4 is 18.3 Å². The zero-order valence-electron chi connectivity index (χ0n) is 16.9. The molecule has 0 N–H and O–H groups in total. The van der Waals surface area contributed by atoms with Crippen LogP contribution in [0.5, 0.6) is 5.75 Å². The quantitative estimate of drug-likeness (QED) is 0.658. The number of amides is 1. The number of ether oxygens (including phenoxy) is 1. The van der Waals surface area contributed by atoms with Gasteiger partial charge in [-0.15, -0.1) is 12.4 Å². The number of likely N-dealkylation sites (N-methyl/N-ethyl adjacent to an activating group) is 2. The highest BCUT2D eigenvalue weighted by atomic mass is 35.5. The molecule has 0 radical (unpaired) electrons. The number of nitrogens with zero attached hydrogens (tertiary/aromatic N) is 2. The molecule has 0 aliphatic carbocycles. The molecule has 0 fully saturated rings. The first-order chi connectivity index (χ1) is 11.3. The van der Waals surface area contributed by atoms with Crippen LogP contribution in [-0.2, 0) is 4.79 Å². The Balaban J connectivity index is 0.00000576. The molecule has 0 bridgehead atoms. The van der Waals surface area contributed by atoms with Gasteiger partial charge < -0.3 is 9.64 Å². The van der Waals surface area contributed by atoms with E-state index in [0.29, 0.717) is 19.7 Å². The van der Waals surface area contributed by atoms with Crippen LogP contribution in [0.4, 0.5) is 0 Å². The number of hydrogen-bond donors (Lipinski definition) is 0. The second kappa shape index (κ2) is 11.4. The molecule has 0 aliphatic rings. The molecule has 1 aromatic rings. The number of hydrogen-bond acceptors (Lipinski definition) is 3. The summed E-state index contributed by atoms with van der Waals surface area (Å²) >= 11 is 0. The molecule has 144 valence electrons. The third-order valence-electron chi connectivity index (χ3n) is 4.52. The number of carbonyl (C=O) groups is 1. The van der Waals surface area contributed by atoms with Crippen LogP contribution in [0.2, 0.25) is 0 Å². The third kappa shape index (κ3) is 6.87. The van der Waals surface area contributed by atoms with Gasteiger partial charge in [-0.1, -0.05) is 31.5 Å². The smallest absolute Gasteiger partial charge is 0.237 e. The zero-order chi connectivity index (χ0) is 18.3. The van der Waals surface area contributed by atoms with Gasteiger partial charge in [0.05, 0.1) is 12.6 Å². The molecule has 0 heterocycles. The summed E-state index contributed by atoms with van der Waals surface area (Å²) in [5.41, 5.74) is 3.55. The van der Waals surface area contributed by atoms with Gasteiger partial charge in [-0.25, -0.2) is 0 Å². The molecule has 0 aromatic heterocycles. The van der Waals surface area contributed by atoms with Gasteiger partial charge in [-0.3, -0.25) is 9.69 Å². The molecule has 1 aromatic carbocycles. The second-order valence-electron chi connectivity index (χ2n) is 6.53. The van der Waals surface area contributed by atoms with Gasteiger partial charge in [0.2, 0.25) is 5.91 Å². The van der Waals surface area contributed by atoms with E-state index in [-0.39, 0.29) is 24.4 Å². The van der Waals surface area contributed by atoms with E-state index in [9.17, 15) is 4.79 Å². The van der Waals surface area contributed by atoms with Crippen molar-refractivity contribution in [1.29, 1.82) is 0 Å². The molecular formula is C20H35ClN2O2. The molecule has 0 saturated carbocycles. The predicted octanol–water partition coefficient (Wildman–Crippen LogP) is 3.99. The first-order valence-corrected chi connectivity index (χ1v) is 9.06. The van der Waals surface area contributed by atoms with E-state index in [2.05, 4.69) is 58.6 Å². The highest BCUT2D eigenvalue weighted by Crippen LogP contribution is 2.24. The number of benzene rings is 1. The SMILES string of the molecule is CCN(CC)CC(=O)N(CC)C(C)COc1c(C)cc(C)cc1C.Cl. The first-order valence-electron chi connectivity index (χ1n) is 9.06. The lowest BCUT2D eigenvalue weighted by molar-refractivity contribution is -0.134. The molecule has 1 unspecified atom stereocenters. The van der Waals surface area contributed by atoms with Crippen molar-refractivity contribution < 1.29 is 9.53 Å². The Kier molecular flexibility index (Phi) is 10.8. The maximum atomic E-state index is 12.6. The van der Waals surface area contributed by atoms with E-state index in [1.54, 1.807) is 0 Å². The number of rotatable bonds is 9. The summed E-state index contributed by atoms with van der Waals surface area (Å²) in [6, 6.07) is 4.32. The average molecular weight is 371 g/mol. The Hall–Kier alpha value is -1.26. The molecule has 1 atom stereocenters. The van der Waals surface area contributed by atoms with Gasteiger partial charge in [-0.05, 0) is 58.8 Å². The lowest BCUT2D eigenvalue weighted by atomic mass is 10.1. The number of halogens is 1. The van der Waals surface area contributed by atoms with E-state index in [1.165, 1.54) is 5.56 Å². The van der Waals surface area contributed by atoms with Crippen LogP contribution in [-0.4, -0.2) is 54.5 Å². The minimum atomic E-state index is 0. The van der Waals surface area contributed by atoms with E-state index in [4.69, 9.17) is 4.74 Å². The van der Waals surface area contributed by atoms with E-state index >= 15 is 0 Å². The third-order valence-corrected chi connectivity index (χ3v) is 4.52. The van der Waals surface area contributed by atoms with Crippen molar-refractivity contribution in [3.8, 4) is 5.75 Å². The van der Waals surface area contributed by atoms with Crippen LogP contribution in [0.3, 0.4) is 0 Å². The van der Waals surface area contributed by atoms with Crippen molar-refractivity contribution in [3.05, 3.63) is 28.8 Å². The molecule has 1 rings (SSSR count). The summed E-state index contributed by atoms with van der Waals surface area (Å²) in [7, 11) is 0. The molecule has 0 spiro atoms. The molecule has 4 nitrogen and oxygen atoms in total. The summed E-state index contributed by atoms with van der Waals surface area (Å²) in [5.74, 6) is 1.12. The summed E-state index contributed by atoms with van der Waals surface area (Å²) in [6.07, 6.45) is 0. The molecule has 1 amide bonds. The van der Waals surface area contributed by atoms with Gasteiger partial charge in [-0.2, -0.15) is 0 Å². The summed E-state index contributed by atoms with van der Waals surface area (Å²) < 4.78 is 6.07. The Bertz CT molecular complexity index is 521. The lowest BCUT2D eigenvalue weighted by Crippen LogP contribution is -2.46. The molecule has 25 heavy (non-hydrogen) atoms. The summed E-state index contributed by atoms with van der Waals surface area (Å²) in [4.78, 5) is 16.6. The van der Waals surface area contributed by atoms with Crippen LogP contribution in [0.1, 0.15) is 44.4 Å². The van der Waals surface area contributed by atoms with Gasteiger partial charge in [0, 0.05) is 6.54 Å². The fourth-order valence-electron chi connectivity index (χ4n) is 3.15. The van der Waals surface area contributed by atoms with Crippen molar-refractivity contribution in [1.82, 2.24) is 9.80 Å². The van der Waals surface area contributed by atoms with Crippen LogP contribution in [0, 0.1) is 20.8 Å². The van der Waals surface area contributed by atoms with Gasteiger partial charge in [0.1, 0.15) is 12.4 Å². The van der Waals surface area contributed by atoms with Gasteiger partial charge in [0.25, 0.3) is 0 Å². The minimum absolute atomic E-state index is 0. The first kappa shape index (κ1) is 23.7. The minimum Gasteiger partial charge on any atom is -0.491 e. The van der Waals surface area contributed by atoms with Crippen molar-refractivity contribution in [2.45, 2.75) is 54.5 Å². The van der Waals surface area contributed by atoms with Crippen molar-refractivity contribution in [2.75, 3.05) is 32.8 Å². The maximum absolute atomic E-state index is 12.6. The Morgan fingerprint density at radius 1 is 1.04 bits per heavy atom. The van der Waals surface area contributed by atoms with E-state index in [0.717, 1.165) is 30.0 Å². The monoisotopic (exact) mass is 370 g/mol. The average Bonchev–Trinajstić information content (AvgIpc) is 2.52. The maximum Gasteiger partial charge on any atom is 0.237 e. The summed E-state index contributed by atoms with van der Waals surface area (Å²) in [6.45, 7) is 18.0. The fraction of sp³-hybridized carbons (Fsp3) is 0.650. The Morgan fingerprint density at radius 2 is 1.56 bits per heavy atom. The number of aryl methyl sites for hydroxylation is 3. The second-order valence-corrected chi connectivity index (χ2v) is 6.53. The number of carbonyl (C=O) groups excluding carboxylic acids is 1. The van der Waals surface area contributed by atoms with Crippen LogP contribution in [0.15, 0.2) is 12.1 Å². The molecule has 5 heteroatoms. The standard InChI is InChI=1S/C20H34N2O2.ClH/c1-8-21(9-2)13-19(23)22(10-3)18(7)14-24-20-16(5)11-15(4)12-17(20)6;/h11-12,18H,8-10,13-14H2,1-7H3;1H. The predicted molar refractivity (Wildman–Crippen MR) is 108 cm³/mol. The highest BCUT2D eigenvalue weighted by molar-refractivity contribution is 5.85. The van der Waals surface area contributed by atoms with E-state index in [1.807, 2.05) is 11.8 Å². The van der Waals surface area contributed by atoms with Crippen molar-refractivity contribution in [2.24, 2.45) is 0 Å². The van der Waals surface area contributed by atoms with Crippen LogP contribution in [0.25, 0.3) is 0 Å². The topological polar surface area (TPSA) is 32.8 Å². The van der Waals surface area contributed by atoms with Crippen LogP contribution < -0.4 is 4.74 Å². The zero-order valence-corrected chi connectivity index (χ0v) is 17.7. The Morgan fingerprint density at radius 3 is 2.00 bits per heavy atom. The Labute approximate surface area is 159 Å². The summed E-state index contributed by atoms with van der Waals surface area (Å²) in [5, 5.41) is 0. The lowest BCUT2D eigenvalue weighted by Gasteiger charge is -2.30. The normalized spacial score (nSPS) is 11.8. The highest BCUT2D eigenvalue weighted by Gasteiger charge is 2.21. The van der Waals surface area contributed by atoms with Crippen LogP contribution >= 0.6 is 12.4 Å². The largest absolute Gasteiger partial charge is 0.491 e.